The summed E-state index contributed by atoms with van der Waals surface area (Å²) in [5, 5.41) is 0. The lowest BCUT2D eigenvalue weighted by Crippen LogP contribution is -2.01. The van der Waals surface area contributed by atoms with E-state index in [-0.39, 0.29) is 0 Å². The summed E-state index contributed by atoms with van der Waals surface area (Å²) in [6.07, 6.45) is 3.02. The Balaban J connectivity index is 1.87. The normalized spacial score (nSPS) is 21.7. The Labute approximate surface area is 107 Å². The molecule has 1 fully saturated rings. The maximum absolute atomic E-state index is 5.84. The molecule has 2 N–H and O–H groups in total. The minimum absolute atomic E-state index is 0.328. The standard InChI is InChI=1S/C15H16N2O/c1-18-12-4-2-3-10(7-12)15-6-5-11(9-17-15)13-8-14(13)16/h2-7,9,13-14H,8,16H2,1H3. The summed E-state index contributed by atoms with van der Waals surface area (Å²) in [6, 6.07) is 12.4. The van der Waals surface area contributed by atoms with Crippen LogP contribution >= 0.6 is 0 Å². The third-order valence-corrected chi connectivity index (χ3v) is 3.42. The van der Waals surface area contributed by atoms with E-state index in [0.717, 1.165) is 23.4 Å². The van der Waals surface area contributed by atoms with Crippen molar-refractivity contribution in [2.24, 2.45) is 5.73 Å². The number of hydrogen-bond acceptors (Lipinski definition) is 3. The number of methoxy groups -OCH3 is 1. The lowest BCUT2D eigenvalue weighted by Gasteiger charge is -2.05. The van der Waals surface area contributed by atoms with Gasteiger partial charge in [-0.25, -0.2) is 0 Å². The van der Waals surface area contributed by atoms with E-state index in [1.165, 1.54) is 5.56 Å². The van der Waals surface area contributed by atoms with Crippen LogP contribution in [0.25, 0.3) is 11.3 Å². The summed E-state index contributed by atoms with van der Waals surface area (Å²) in [4.78, 5) is 4.51. The summed E-state index contributed by atoms with van der Waals surface area (Å²) in [5.41, 5.74) is 9.12. The van der Waals surface area contributed by atoms with Crippen LogP contribution in [0.3, 0.4) is 0 Å². The number of rotatable bonds is 3. The molecule has 3 nitrogen and oxygen atoms in total. The zero-order chi connectivity index (χ0) is 12.5. The van der Waals surface area contributed by atoms with Gasteiger partial charge < -0.3 is 10.5 Å². The Morgan fingerprint density at radius 3 is 2.72 bits per heavy atom. The number of pyridine rings is 1. The summed E-state index contributed by atoms with van der Waals surface area (Å²) in [5.74, 6) is 1.36. The summed E-state index contributed by atoms with van der Waals surface area (Å²) < 4.78 is 5.22. The molecule has 2 aromatic rings. The average molecular weight is 240 g/mol. The Morgan fingerprint density at radius 2 is 2.11 bits per heavy atom. The van der Waals surface area contributed by atoms with Gasteiger partial charge in [-0.3, -0.25) is 4.98 Å². The van der Waals surface area contributed by atoms with Gasteiger partial charge in [0.2, 0.25) is 0 Å². The zero-order valence-corrected chi connectivity index (χ0v) is 10.3. The van der Waals surface area contributed by atoms with E-state index in [9.17, 15) is 0 Å². The summed E-state index contributed by atoms with van der Waals surface area (Å²) in [6.45, 7) is 0. The Hall–Kier alpha value is -1.87. The van der Waals surface area contributed by atoms with E-state index in [1.807, 2.05) is 30.5 Å². The number of ether oxygens (including phenoxy) is 1. The molecule has 18 heavy (non-hydrogen) atoms. The van der Waals surface area contributed by atoms with Crippen LogP contribution in [0, 0.1) is 0 Å². The Bertz CT molecular complexity index is 551. The first-order valence-electron chi connectivity index (χ1n) is 6.14. The van der Waals surface area contributed by atoms with E-state index in [4.69, 9.17) is 10.5 Å². The molecule has 3 rings (SSSR count). The monoisotopic (exact) mass is 240 g/mol. The molecule has 0 amide bonds. The van der Waals surface area contributed by atoms with Gasteiger partial charge >= 0.3 is 0 Å². The highest BCUT2D eigenvalue weighted by Gasteiger charge is 2.34. The van der Waals surface area contributed by atoms with Crippen molar-refractivity contribution in [3.8, 4) is 17.0 Å². The van der Waals surface area contributed by atoms with Crippen LogP contribution in [0.2, 0.25) is 0 Å². The average Bonchev–Trinajstić information content (AvgIpc) is 3.16. The minimum atomic E-state index is 0.328. The number of nitrogens with two attached hydrogens (primary N) is 1. The third kappa shape index (κ3) is 2.09. The molecular formula is C15H16N2O. The predicted molar refractivity (Wildman–Crippen MR) is 71.6 cm³/mol. The lowest BCUT2D eigenvalue weighted by molar-refractivity contribution is 0.415. The Kier molecular flexibility index (Phi) is 2.76. The molecule has 0 saturated heterocycles. The highest BCUT2D eigenvalue weighted by molar-refractivity contribution is 5.61. The fraction of sp³-hybridized carbons (Fsp3) is 0.267. The van der Waals surface area contributed by atoms with Crippen LogP contribution in [-0.4, -0.2) is 18.1 Å². The van der Waals surface area contributed by atoms with Crippen LogP contribution in [0.15, 0.2) is 42.6 Å². The van der Waals surface area contributed by atoms with E-state index in [0.29, 0.717) is 12.0 Å². The highest BCUT2D eigenvalue weighted by atomic mass is 16.5. The van der Waals surface area contributed by atoms with Crippen molar-refractivity contribution in [3.05, 3.63) is 48.2 Å². The van der Waals surface area contributed by atoms with E-state index in [2.05, 4.69) is 17.1 Å². The molecule has 3 heteroatoms. The maximum Gasteiger partial charge on any atom is 0.119 e. The van der Waals surface area contributed by atoms with Crippen molar-refractivity contribution in [3.63, 3.8) is 0 Å². The second kappa shape index (κ2) is 4.42. The van der Waals surface area contributed by atoms with E-state index in [1.54, 1.807) is 7.11 Å². The van der Waals surface area contributed by atoms with Crippen LogP contribution in [0.4, 0.5) is 0 Å². The van der Waals surface area contributed by atoms with Gasteiger partial charge in [-0.2, -0.15) is 0 Å². The minimum Gasteiger partial charge on any atom is -0.497 e. The second-order valence-corrected chi connectivity index (χ2v) is 4.71. The summed E-state index contributed by atoms with van der Waals surface area (Å²) in [7, 11) is 1.67. The van der Waals surface area contributed by atoms with Gasteiger partial charge in [-0.05, 0) is 30.2 Å². The van der Waals surface area contributed by atoms with Crippen LogP contribution in [0.5, 0.6) is 5.75 Å². The molecule has 0 aliphatic heterocycles. The van der Waals surface area contributed by atoms with Gasteiger partial charge in [0.15, 0.2) is 0 Å². The van der Waals surface area contributed by atoms with Gasteiger partial charge in [0, 0.05) is 23.7 Å². The molecule has 1 heterocycles. The third-order valence-electron chi connectivity index (χ3n) is 3.42. The van der Waals surface area contributed by atoms with Crippen molar-refractivity contribution >= 4 is 0 Å². The molecule has 1 aliphatic carbocycles. The van der Waals surface area contributed by atoms with Crippen LogP contribution in [-0.2, 0) is 0 Å². The molecule has 2 unspecified atom stereocenters. The number of benzene rings is 1. The van der Waals surface area contributed by atoms with Crippen LogP contribution in [0.1, 0.15) is 17.9 Å². The smallest absolute Gasteiger partial charge is 0.119 e. The molecule has 92 valence electrons. The molecule has 1 saturated carbocycles. The SMILES string of the molecule is COc1cccc(-c2ccc(C3CC3N)cn2)c1. The predicted octanol–water partition coefficient (Wildman–Crippen LogP) is 2.57. The zero-order valence-electron chi connectivity index (χ0n) is 10.3. The molecule has 0 radical (unpaired) electrons. The fourth-order valence-electron chi connectivity index (χ4n) is 2.18. The number of aromatic nitrogens is 1. The van der Waals surface area contributed by atoms with Crippen molar-refractivity contribution in [2.45, 2.75) is 18.4 Å². The van der Waals surface area contributed by atoms with Gasteiger partial charge in [-0.15, -0.1) is 0 Å². The van der Waals surface area contributed by atoms with Crippen molar-refractivity contribution in [2.75, 3.05) is 7.11 Å². The van der Waals surface area contributed by atoms with Gasteiger partial charge in [0.05, 0.1) is 12.8 Å². The molecular weight excluding hydrogens is 224 g/mol. The molecule has 1 aliphatic rings. The number of hydrogen-bond donors (Lipinski definition) is 1. The lowest BCUT2D eigenvalue weighted by atomic mass is 10.1. The fourth-order valence-corrected chi connectivity index (χ4v) is 2.18. The quantitative estimate of drug-likeness (QED) is 0.897. The topological polar surface area (TPSA) is 48.1 Å². The summed E-state index contributed by atoms with van der Waals surface area (Å²) >= 11 is 0. The molecule has 1 aromatic heterocycles. The largest absolute Gasteiger partial charge is 0.497 e. The number of nitrogens with zero attached hydrogens (tertiary/aromatic N) is 1. The van der Waals surface area contributed by atoms with E-state index >= 15 is 0 Å². The first-order chi connectivity index (χ1) is 8.78. The van der Waals surface area contributed by atoms with Crippen LogP contribution < -0.4 is 10.5 Å². The molecule has 1 aromatic carbocycles. The molecule has 0 bridgehead atoms. The first-order valence-corrected chi connectivity index (χ1v) is 6.14. The Morgan fingerprint density at radius 1 is 1.28 bits per heavy atom. The second-order valence-electron chi connectivity index (χ2n) is 4.71. The highest BCUT2D eigenvalue weighted by Crippen LogP contribution is 2.38. The van der Waals surface area contributed by atoms with Gasteiger partial charge in [0.1, 0.15) is 5.75 Å². The van der Waals surface area contributed by atoms with Crippen molar-refractivity contribution in [1.29, 1.82) is 0 Å². The van der Waals surface area contributed by atoms with Crippen molar-refractivity contribution < 1.29 is 4.74 Å². The van der Waals surface area contributed by atoms with E-state index < -0.39 is 0 Å². The first kappa shape index (κ1) is 11.2. The van der Waals surface area contributed by atoms with Gasteiger partial charge in [0.25, 0.3) is 0 Å². The molecule has 2 atom stereocenters. The molecule has 0 spiro atoms. The van der Waals surface area contributed by atoms with Crippen molar-refractivity contribution in [1.82, 2.24) is 4.98 Å². The maximum atomic E-state index is 5.84. The van der Waals surface area contributed by atoms with Gasteiger partial charge in [-0.1, -0.05) is 18.2 Å².